The molecule has 0 bridgehead atoms. The molecule has 0 aliphatic heterocycles. The number of nitrogens with zero attached hydrogens (tertiary/aromatic N) is 1. The third kappa shape index (κ3) is 3.97. The van der Waals surface area contributed by atoms with E-state index in [1.165, 1.54) is 4.70 Å². The van der Waals surface area contributed by atoms with Crippen LogP contribution in [0.25, 0.3) is 10.2 Å². The Morgan fingerprint density at radius 2 is 2.06 bits per heavy atom. The molecular weight excluding hydrogens is 260 g/mol. The minimum atomic E-state index is 0.362. The van der Waals surface area contributed by atoms with Gasteiger partial charge in [-0.05, 0) is 42.8 Å². The van der Waals surface area contributed by atoms with E-state index in [-0.39, 0.29) is 0 Å². The summed E-state index contributed by atoms with van der Waals surface area (Å²) in [6.07, 6.45) is 1.16. The Morgan fingerprint density at radius 3 is 2.72 bits per heavy atom. The number of aromatic nitrogens is 1. The maximum absolute atomic E-state index is 4.60. The quantitative estimate of drug-likeness (QED) is 0.820. The normalized spacial score (nSPS) is 14.0. The van der Waals surface area contributed by atoms with E-state index in [0.717, 1.165) is 16.3 Å². The zero-order chi connectivity index (χ0) is 13.2. The van der Waals surface area contributed by atoms with Crippen molar-refractivity contribution in [2.45, 2.75) is 44.5 Å². The second kappa shape index (κ2) is 5.59. The van der Waals surface area contributed by atoms with Crippen molar-refractivity contribution in [3.05, 3.63) is 24.3 Å². The average molecular weight is 280 g/mol. The molecule has 2 aromatic rings. The largest absolute Gasteiger partial charge is 0.255 e. The molecule has 18 heavy (non-hydrogen) atoms. The number of benzene rings is 1. The third-order valence-corrected chi connectivity index (χ3v) is 4.66. The lowest BCUT2D eigenvalue weighted by molar-refractivity contribution is 0.341. The topological polar surface area (TPSA) is 24.9 Å². The van der Waals surface area contributed by atoms with Gasteiger partial charge < -0.3 is 0 Å². The van der Waals surface area contributed by atoms with Crippen molar-refractivity contribution in [1.82, 2.24) is 9.71 Å². The summed E-state index contributed by atoms with van der Waals surface area (Å²) in [7, 11) is 0. The summed E-state index contributed by atoms with van der Waals surface area (Å²) >= 11 is 3.40. The number of hydrogen-bond acceptors (Lipinski definition) is 4. The van der Waals surface area contributed by atoms with Crippen molar-refractivity contribution >= 4 is 33.5 Å². The van der Waals surface area contributed by atoms with Crippen LogP contribution in [0.2, 0.25) is 0 Å². The van der Waals surface area contributed by atoms with Crippen molar-refractivity contribution in [3.63, 3.8) is 0 Å². The van der Waals surface area contributed by atoms with Crippen LogP contribution in [0.1, 0.15) is 34.1 Å². The Morgan fingerprint density at radius 1 is 1.33 bits per heavy atom. The van der Waals surface area contributed by atoms with Gasteiger partial charge in [0.25, 0.3) is 0 Å². The molecule has 0 saturated heterocycles. The third-order valence-electron chi connectivity index (χ3n) is 2.54. The van der Waals surface area contributed by atoms with E-state index in [9.17, 15) is 0 Å². The maximum atomic E-state index is 4.60. The monoisotopic (exact) mass is 280 g/mol. The molecular formula is C14H20N2S2. The lowest BCUT2D eigenvalue weighted by atomic mass is 9.89. The Kier molecular flexibility index (Phi) is 4.30. The van der Waals surface area contributed by atoms with Crippen molar-refractivity contribution in [1.29, 1.82) is 0 Å². The number of nitrogens with one attached hydrogen (secondary N) is 1. The molecule has 1 atom stereocenters. The van der Waals surface area contributed by atoms with Crippen molar-refractivity contribution < 1.29 is 0 Å². The van der Waals surface area contributed by atoms with Gasteiger partial charge in [0.2, 0.25) is 0 Å². The minimum absolute atomic E-state index is 0.362. The summed E-state index contributed by atoms with van der Waals surface area (Å²) in [4.78, 5) is 4.60. The predicted molar refractivity (Wildman–Crippen MR) is 82.1 cm³/mol. The number of fused-ring (bicyclic) bond motifs is 1. The standard InChI is InChI=1S/C14H20N2S2/c1-10(9-14(2,3)4)16-18-13-15-11-7-5-6-8-12(11)17-13/h5-8,10,16H,9H2,1-4H3. The van der Waals surface area contributed by atoms with Gasteiger partial charge in [-0.3, -0.25) is 4.72 Å². The van der Waals surface area contributed by atoms with Crippen LogP contribution in [-0.4, -0.2) is 11.0 Å². The Labute approximate surface area is 117 Å². The van der Waals surface area contributed by atoms with Crippen LogP contribution in [0.15, 0.2) is 28.6 Å². The second-order valence-electron chi connectivity index (χ2n) is 5.83. The van der Waals surface area contributed by atoms with Gasteiger partial charge in [-0.15, -0.1) is 11.3 Å². The molecule has 0 radical (unpaired) electrons. The average Bonchev–Trinajstić information content (AvgIpc) is 2.66. The molecule has 1 aromatic carbocycles. The van der Waals surface area contributed by atoms with Gasteiger partial charge in [0.15, 0.2) is 4.34 Å². The van der Waals surface area contributed by atoms with Gasteiger partial charge in [0.1, 0.15) is 0 Å². The molecule has 2 nitrogen and oxygen atoms in total. The first-order valence-corrected chi connectivity index (χ1v) is 7.85. The van der Waals surface area contributed by atoms with Crippen LogP contribution >= 0.6 is 23.3 Å². The molecule has 0 amide bonds. The number of hydrogen-bond donors (Lipinski definition) is 1. The van der Waals surface area contributed by atoms with Crippen LogP contribution in [0.3, 0.4) is 0 Å². The van der Waals surface area contributed by atoms with E-state index in [2.05, 4.69) is 55.6 Å². The number of thiazole rings is 1. The molecule has 1 heterocycles. The fourth-order valence-electron chi connectivity index (χ4n) is 2.01. The second-order valence-corrected chi connectivity index (χ2v) is 7.95. The molecule has 0 aliphatic carbocycles. The molecule has 1 aromatic heterocycles. The first-order valence-electron chi connectivity index (χ1n) is 6.22. The zero-order valence-electron chi connectivity index (χ0n) is 11.4. The Balaban J connectivity index is 1.94. The summed E-state index contributed by atoms with van der Waals surface area (Å²) in [5.41, 5.74) is 1.45. The summed E-state index contributed by atoms with van der Waals surface area (Å²) < 4.78 is 5.83. The SMILES string of the molecule is CC(CC(C)(C)C)NSc1nc2ccccc2s1. The van der Waals surface area contributed by atoms with E-state index in [1.807, 2.05) is 6.07 Å². The van der Waals surface area contributed by atoms with E-state index >= 15 is 0 Å². The fourth-order valence-corrected chi connectivity index (χ4v) is 3.81. The number of para-hydroxylation sites is 1. The highest BCUT2D eigenvalue weighted by Crippen LogP contribution is 2.29. The molecule has 2 rings (SSSR count). The van der Waals surface area contributed by atoms with Gasteiger partial charge >= 0.3 is 0 Å². The Bertz CT molecular complexity index is 481. The molecule has 0 aliphatic rings. The van der Waals surface area contributed by atoms with Gasteiger partial charge in [0.05, 0.1) is 10.2 Å². The van der Waals surface area contributed by atoms with Gasteiger partial charge in [-0.1, -0.05) is 32.9 Å². The van der Waals surface area contributed by atoms with E-state index in [4.69, 9.17) is 0 Å². The van der Waals surface area contributed by atoms with Crippen LogP contribution < -0.4 is 4.72 Å². The van der Waals surface area contributed by atoms with Crippen molar-refractivity contribution in [2.75, 3.05) is 0 Å². The molecule has 4 heteroatoms. The minimum Gasteiger partial charge on any atom is -0.255 e. The van der Waals surface area contributed by atoms with Crippen LogP contribution in [0.5, 0.6) is 0 Å². The Hall–Kier alpha value is -0.580. The summed E-state index contributed by atoms with van der Waals surface area (Å²) in [6.45, 7) is 9.04. The van der Waals surface area contributed by atoms with Crippen LogP contribution in [0.4, 0.5) is 0 Å². The lowest BCUT2D eigenvalue weighted by Gasteiger charge is -2.23. The predicted octanol–water partition coefficient (Wildman–Crippen LogP) is 4.72. The molecule has 0 fully saturated rings. The maximum Gasteiger partial charge on any atom is 0.166 e. The van der Waals surface area contributed by atoms with Crippen molar-refractivity contribution in [3.8, 4) is 0 Å². The molecule has 98 valence electrons. The fraction of sp³-hybridized carbons (Fsp3) is 0.500. The lowest BCUT2D eigenvalue weighted by Crippen LogP contribution is -2.25. The van der Waals surface area contributed by atoms with Crippen LogP contribution in [-0.2, 0) is 0 Å². The highest BCUT2D eigenvalue weighted by Gasteiger charge is 2.15. The van der Waals surface area contributed by atoms with Crippen molar-refractivity contribution in [2.24, 2.45) is 5.41 Å². The smallest absolute Gasteiger partial charge is 0.166 e. The molecule has 1 unspecified atom stereocenters. The van der Waals surface area contributed by atoms with Gasteiger partial charge in [-0.2, -0.15) is 0 Å². The molecule has 0 spiro atoms. The first kappa shape index (κ1) is 13.8. The van der Waals surface area contributed by atoms with E-state index in [0.29, 0.717) is 11.5 Å². The number of rotatable bonds is 4. The first-order chi connectivity index (χ1) is 8.44. The molecule has 0 saturated carbocycles. The van der Waals surface area contributed by atoms with Crippen LogP contribution in [0, 0.1) is 5.41 Å². The van der Waals surface area contributed by atoms with E-state index < -0.39 is 0 Å². The van der Waals surface area contributed by atoms with E-state index in [1.54, 1.807) is 23.3 Å². The summed E-state index contributed by atoms with van der Waals surface area (Å²) in [5.74, 6) is 0. The van der Waals surface area contributed by atoms with Gasteiger partial charge in [-0.25, -0.2) is 4.98 Å². The zero-order valence-corrected chi connectivity index (χ0v) is 13.0. The highest BCUT2D eigenvalue weighted by atomic mass is 32.2. The molecule has 1 N–H and O–H groups in total. The highest BCUT2D eigenvalue weighted by molar-refractivity contribution is 7.99. The summed E-state index contributed by atoms with van der Waals surface area (Å²) in [5, 5.41) is 0. The van der Waals surface area contributed by atoms with Gasteiger partial charge in [0, 0.05) is 6.04 Å². The summed E-state index contributed by atoms with van der Waals surface area (Å²) in [6, 6.07) is 8.77.